The first-order chi connectivity index (χ1) is 8.49. The van der Waals surface area contributed by atoms with Gasteiger partial charge in [0.25, 0.3) is 0 Å². The molecular weight excluding hydrogens is 250 g/mol. The van der Waals surface area contributed by atoms with E-state index in [1.54, 1.807) is 19.1 Å². The molecule has 0 saturated carbocycles. The van der Waals surface area contributed by atoms with Gasteiger partial charge in [0.15, 0.2) is 0 Å². The van der Waals surface area contributed by atoms with Gasteiger partial charge < -0.3 is 4.57 Å². The number of fused-ring (bicyclic) bond motifs is 1. The summed E-state index contributed by atoms with van der Waals surface area (Å²) >= 11 is 0. The van der Waals surface area contributed by atoms with Gasteiger partial charge in [-0.1, -0.05) is 6.92 Å². The summed E-state index contributed by atoms with van der Waals surface area (Å²) in [6, 6.07) is 5.04. The van der Waals surface area contributed by atoms with E-state index in [1.807, 2.05) is 19.9 Å². The number of hydrogen-bond acceptors (Lipinski definition) is 3. The number of benzene rings is 1. The maximum absolute atomic E-state index is 11.9. The molecule has 0 aliphatic carbocycles. The molecular formula is C12H17N3O2S. The molecule has 1 N–H and O–H groups in total. The fourth-order valence-corrected chi connectivity index (χ4v) is 3.13. The Balaban J connectivity index is 2.59. The minimum absolute atomic E-state index is 0.262. The maximum Gasteiger partial charge on any atom is 0.240 e. The molecule has 0 unspecified atom stereocenters. The average molecular weight is 267 g/mol. The molecule has 2 rings (SSSR count). The predicted octanol–water partition coefficient (Wildman–Crippen LogP) is 1.66. The Hall–Kier alpha value is -1.40. The average Bonchev–Trinajstić information content (AvgIpc) is 2.63. The summed E-state index contributed by atoms with van der Waals surface area (Å²) in [7, 11) is -3.41. The molecule has 0 spiro atoms. The van der Waals surface area contributed by atoms with Gasteiger partial charge in [-0.3, -0.25) is 0 Å². The Kier molecular flexibility index (Phi) is 3.41. The molecule has 0 saturated heterocycles. The zero-order valence-corrected chi connectivity index (χ0v) is 11.6. The van der Waals surface area contributed by atoms with Crippen molar-refractivity contribution in [1.82, 2.24) is 14.3 Å². The molecule has 0 aliphatic heterocycles. The monoisotopic (exact) mass is 267 g/mol. The number of nitrogens with zero attached hydrogens (tertiary/aromatic N) is 2. The fraction of sp³-hybridized carbons (Fsp3) is 0.417. The van der Waals surface area contributed by atoms with Crippen LogP contribution in [0.25, 0.3) is 11.0 Å². The van der Waals surface area contributed by atoms with Gasteiger partial charge in [0, 0.05) is 13.1 Å². The van der Waals surface area contributed by atoms with Crippen molar-refractivity contribution in [2.75, 3.05) is 6.54 Å². The van der Waals surface area contributed by atoms with Crippen LogP contribution in [0.15, 0.2) is 23.1 Å². The Morgan fingerprint density at radius 2 is 2.06 bits per heavy atom. The highest BCUT2D eigenvalue weighted by atomic mass is 32.2. The number of imidazole rings is 1. The van der Waals surface area contributed by atoms with Gasteiger partial charge in [-0.15, -0.1) is 0 Å². The topological polar surface area (TPSA) is 64.0 Å². The largest absolute Gasteiger partial charge is 0.329 e. The van der Waals surface area contributed by atoms with Crippen molar-refractivity contribution in [1.29, 1.82) is 0 Å². The van der Waals surface area contributed by atoms with Crippen molar-refractivity contribution in [2.45, 2.75) is 32.2 Å². The molecule has 18 heavy (non-hydrogen) atoms. The first-order valence-corrected chi connectivity index (χ1v) is 7.44. The molecule has 1 heterocycles. The SMILES string of the molecule is CCNS(=O)(=O)c1ccc2c(c1)nc(C)n2CC. The first-order valence-electron chi connectivity index (χ1n) is 5.96. The smallest absolute Gasteiger partial charge is 0.240 e. The van der Waals surface area contributed by atoms with Crippen LogP contribution in [0.1, 0.15) is 19.7 Å². The van der Waals surface area contributed by atoms with E-state index in [-0.39, 0.29) is 4.90 Å². The summed E-state index contributed by atoms with van der Waals surface area (Å²) in [6.07, 6.45) is 0. The van der Waals surface area contributed by atoms with Crippen LogP contribution in [0, 0.1) is 6.92 Å². The summed E-state index contributed by atoms with van der Waals surface area (Å²) in [5.74, 6) is 0.894. The first kappa shape index (κ1) is 13.0. The van der Waals surface area contributed by atoms with E-state index in [1.165, 1.54) is 0 Å². The van der Waals surface area contributed by atoms with Gasteiger partial charge >= 0.3 is 0 Å². The Morgan fingerprint density at radius 1 is 1.33 bits per heavy atom. The van der Waals surface area contributed by atoms with Crippen LogP contribution in [-0.4, -0.2) is 24.5 Å². The minimum Gasteiger partial charge on any atom is -0.329 e. The van der Waals surface area contributed by atoms with Crippen molar-refractivity contribution in [3.05, 3.63) is 24.0 Å². The zero-order valence-electron chi connectivity index (χ0n) is 10.8. The second-order valence-electron chi connectivity index (χ2n) is 4.06. The van der Waals surface area contributed by atoms with Crippen LogP contribution < -0.4 is 4.72 Å². The van der Waals surface area contributed by atoms with E-state index in [0.29, 0.717) is 12.1 Å². The predicted molar refractivity (Wildman–Crippen MR) is 71.0 cm³/mol. The molecule has 6 heteroatoms. The lowest BCUT2D eigenvalue weighted by Crippen LogP contribution is -2.23. The highest BCUT2D eigenvalue weighted by Gasteiger charge is 2.15. The zero-order chi connectivity index (χ0) is 13.3. The third kappa shape index (κ3) is 2.13. The molecule has 1 aromatic carbocycles. The Labute approximate surface area is 107 Å². The van der Waals surface area contributed by atoms with E-state index < -0.39 is 10.0 Å². The van der Waals surface area contributed by atoms with Gasteiger partial charge in [0.1, 0.15) is 5.82 Å². The Morgan fingerprint density at radius 3 is 2.67 bits per heavy atom. The standard InChI is InChI=1S/C12H17N3O2S/c1-4-13-18(16,17)10-6-7-12-11(8-10)14-9(3)15(12)5-2/h6-8,13H,4-5H2,1-3H3. The minimum atomic E-state index is -3.41. The summed E-state index contributed by atoms with van der Waals surface area (Å²) < 4.78 is 28.3. The maximum atomic E-state index is 11.9. The Bertz CT molecular complexity index is 674. The number of rotatable bonds is 4. The van der Waals surface area contributed by atoms with Gasteiger partial charge in [-0.25, -0.2) is 18.1 Å². The highest BCUT2D eigenvalue weighted by molar-refractivity contribution is 7.89. The van der Waals surface area contributed by atoms with E-state index >= 15 is 0 Å². The number of nitrogens with one attached hydrogen (secondary N) is 1. The number of aromatic nitrogens is 2. The lowest BCUT2D eigenvalue weighted by atomic mass is 10.3. The van der Waals surface area contributed by atoms with Gasteiger partial charge in [-0.2, -0.15) is 0 Å². The number of sulfonamides is 1. The van der Waals surface area contributed by atoms with Crippen LogP contribution in [0.2, 0.25) is 0 Å². The van der Waals surface area contributed by atoms with Crippen molar-refractivity contribution in [3.8, 4) is 0 Å². The molecule has 5 nitrogen and oxygen atoms in total. The van der Waals surface area contributed by atoms with Crippen molar-refractivity contribution < 1.29 is 8.42 Å². The van der Waals surface area contributed by atoms with Gasteiger partial charge in [0.05, 0.1) is 15.9 Å². The quantitative estimate of drug-likeness (QED) is 0.916. The normalized spacial score (nSPS) is 12.2. The van der Waals surface area contributed by atoms with E-state index in [0.717, 1.165) is 17.9 Å². The summed E-state index contributed by atoms with van der Waals surface area (Å²) in [5.41, 5.74) is 1.68. The van der Waals surface area contributed by atoms with Crippen molar-refractivity contribution in [2.24, 2.45) is 0 Å². The second-order valence-corrected chi connectivity index (χ2v) is 5.82. The molecule has 0 aliphatic rings. The van der Waals surface area contributed by atoms with Crippen LogP contribution in [0.5, 0.6) is 0 Å². The summed E-state index contributed by atoms with van der Waals surface area (Å²) in [4.78, 5) is 4.65. The molecule has 0 bridgehead atoms. The molecule has 0 fully saturated rings. The molecule has 0 radical (unpaired) electrons. The highest BCUT2D eigenvalue weighted by Crippen LogP contribution is 2.20. The lowest BCUT2D eigenvalue weighted by Gasteiger charge is -2.05. The number of aryl methyl sites for hydroxylation is 2. The van der Waals surface area contributed by atoms with Crippen LogP contribution in [0.3, 0.4) is 0 Å². The third-order valence-corrected chi connectivity index (χ3v) is 4.41. The van der Waals surface area contributed by atoms with E-state index in [2.05, 4.69) is 14.3 Å². The summed E-state index contributed by atoms with van der Waals surface area (Å²) in [5, 5.41) is 0. The molecule has 2 aromatic rings. The molecule has 0 amide bonds. The lowest BCUT2D eigenvalue weighted by molar-refractivity contribution is 0.584. The molecule has 0 atom stereocenters. The van der Waals surface area contributed by atoms with Gasteiger partial charge in [0.2, 0.25) is 10.0 Å². The van der Waals surface area contributed by atoms with E-state index in [9.17, 15) is 8.42 Å². The fourth-order valence-electron chi connectivity index (χ4n) is 2.07. The van der Waals surface area contributed by atoms with Crippen molar-refractivity contribution in [3.63, 3.8) is 0 Å². The van der Waals surface area contributed by atoms with Gasteiger partial charge in [-0.05, 0) is 32.0 Å². The molecule has 1 aromatic heterocycles. The van der Waals surface area contributed by atoms with Crippen molar-refractivity contribution >= 4 is 21.1 Å². The second kappa shape index (κ2) is 4.70. The molecule has 98 valence electrons. The van der Waals surface area contributed by atoms with Crippen LogP contribution in [-0.2, 0) is 16.6 Å². The van der Waals surface area contributed by atoms with Crippen LogP contribution >= 0.6 is 0 Å². The van der Waals surface area contributed by atoms with Crippen LogP contribution in [0.4, 0.5) is 0 Å². The summed E-state index contributed by atoms with van der Waals surface area (Å²) in [6.45, 7) is 6.91. The number of hydrogen-bond donors (Lipinski definition) is 1. The third-order valence-electron chi connectivity index (χ3n) is 2.87. The van der Waals surface area contributed by atoms with E-state index in [4.69, 9.17) is 0 Å².